The minimum absolute atomic E-state index is 0.133. The van der Waals surface area contributed by atoms with Gasteiger partial charge in [-0.1, -0.05) is 25.1 Å². The second-order valence-electron chi connectivity index (χ2n) is 9.12. The van der Waals surface area contributed by atoms with Crippen LogP contribution in [0.4, 0.5) is 11.5 Å². The van der Waals surface area contributed by atoms with Gasteiger partial charge < -0.3 is 14.7 Å². The predicted molar refractivity (Wildman–Crippen MR) is 132 cm³/mol. The normalized spacial score (nSPS) is 17.9. The number of piperazine rings is 1. The van der Waals surface area contributed by atoms with Gasteiger partial charge in [-0.05, 0) is 50.3 Å². The van der Waals surface area contributed by atoms with Crippen molar-refractivity contribution < 1.29 is 4.79 Å². The van der Waals surface area contributed by atoms with Crippen LogP contribution in [-0.2, 0) is 0 Å². The van der Waals surface area contributed by atoms with Gasteiger partial charge >= 0.3 is 0 Å². The molecular weight excluding hydrogens is 418 g/mol. The highest BCUT2D eigenvalue weighted by Crippen LogP contribution is 2.37. The number of aromatic nitrogens is 2. The monoisotopic (exact) mass is 449 g/mol. The van der Waals surface area contributed by atoms with Crippen LogP contribution in [0.5, 0.6) is 0 Å². The number of para-hydroxylation sites is 1. The molecule has 168 valence electrons. The van der Waals surface area contributed by atoms with Crippen LogP contribution >= 0.6 is 11.3 Å². The molecule has 3 aromatic rings. The molecule has 2 fully saturated rings. The van der Waals surface area contributed by atoms with E-state index in [1.807, 2.05) is 17.9 Å². The standard InChI is InChI=1S/C25H31N5OS/c1-17-9-11-29(12-10-17)23-21-18(2)22(32-24(21)27-19(3)26-23)25(31)30-15-13-28(14-16-30)20-7-5-4-6-8-20/h4-8,17H,9-16H2,1-3H3. The van der Waals surface area contributed by atoms with Crippen LogP contribution in [0.2, 0.25) is 0 Å². The van der Waals surface area contributed by atoms with Crippen LogP contribution < -0.4 is 9.80 Å². The van der Waals surface area contributed by atoms with E-state index in [1.165, 1.54) is 29.9 Å². The molecule has 0 radical (unpaired) electrons. The number of carbonyl (C=O) groups excluding carboxylic acids is 1. The molecule has 32 heavy (non-hydrogen) atoms. The number of carbonyl (C=O) groups is 1. The smallest absolute Gasteiger partial charge is 0.264 e. The molecule has 0 atom stereocenters. The first-order valence-corrected chi connectivity index (χ1v) is 12.4. The maximum absolute atomic E-state index is 13.5. The van der Waals surface area contributed by atoms with Gasteiger partial charge in [-0.15, -0.1) is 11.3 Å². The molecule has 1 aromatic carbocycles. The zero-order valence-corrected chi connectivity index (χ0v) is 20.0. The Morgan fingerprint density at radius 3 is 2.31 bits per heavy atom. The maximum atomic E-state index is 13.5. The molecule has 0 spiro atoms. The van der Waals surface area contributed by atoms with E-state index in [-0.39, 0.29) is 5.91 Å². The van der Waals surface area contributed by atoms with E-state index in [9.17, 15) is 4.79 Å². The van der Waals surface area contributed by atoms with Gasteiger partial charge in [-0.2, -0.15) is 0 Å². The number of piperidine rings is 1. The summed E-state index contributed by atoms with van der Waals surface area (Å²) in [5.41, 5.74) is 2.26. The topological polar surface area (TPSA) is 52.6 Å². The fourth-order valence-corrected chi connectivity index (χ4v) is 6.01. The molecule has 0 bridgehead atoms. The highest BCUT2D eigenvalue weighted by molar-refractivity contribution is 7.20. The van der Waals surface area contributed by atoms with E-state index in [4.69, 9.17) is 9.97 Å². The molecule has 0 aliphatic carbocycles. The Hall–Kier alpha value is -2.67. The lowest BCUT2D eigenvalue weighted by Crippen LogP contribution is -2.48. The zero-order chi connectivity index (χ0) is 22.2. The van der Waals surface area contributed by atoms with Crippen LogP contribution in [0.1, 0.15) is 40.8 Å². The van der Waals surface area contributed by atoms with Crippen molar-refractivity contribution in [1.82, 2.24) is 14.9 Å². The Morgan fingerprint density at radius 2 is 1.62 bits per heavy atom. The number of nitrogens with zero attached hydrogens (tertiary/aromatic N) is 5. The Labute approximate surface area is 193 Å². The first-order valence-electron chi connectivity index (χ1n) is 11.6. The van der Waals surface area contributed by atoms with Crippen molar-refractivity contribution in [2.75, 3.05) is 49.1 Å². The van der Waals surface area contributed by atoms with Gasteiger partial charge in [-0.3, -0.25) is 4.79 Å². The van der Waals surface area contributed by atoms with E-state index in [0.29, 0.717) is 0 Å². The number of anilines is 2. The third-order valence-electron chi connectivity index (χ3n) is 6.85. The maximum Gasteiger partial charge on any atom is 0.264 e. The predicted octanol–water partition coefficient (Wildman–Crippen LogP) is 4.51. The van der Waals surface area contributed by atoms with Crippen molar-refractivity contribution in [1.29, 1.82) is 0 Å². The van der Waals surface area contributed by atoms with Gasteiger partial charge in [0.2, 0.25) is 0 Å². The van der Waals surface area contributed by atoms with Crippen molar-refractivity contribution in [2.24, 2.45) is 5.92 Å². The SMILES string of the molecule is Cc1nc(N2CCC(C)CC2)c2c(C)c(C(=O)N3CCN(c4ccccc4)CC3)sc2n1. The second kappa shape index (κ2) is 8.70. The van der Waals surface area contributed by atoms with Gasteiger partial charge in [0, 0.05) is 45.0 Å². The molecule has 7 heteroatoms. The molecule has 4 heterocycles. The number of fused-ring (bicyclic) bond motifs is 1. The van der Waals surface area contributed by atoms with Crippen LogP contribution in [-0.4, -0.2) is 60.0 Å². The Bertz CT molecular complexity index is 1110. The summed E-state index contributed by atoms with van der Waals surface area (Å²) in [7, 11) is 0. The molecule has 0 N–H and O–H groups in total. The lowest BCUT2D eigenvalue weighted by Gasteiger charge is -2.36. The number of rotatable bonds is 3. The summed E-state index contributed by atoms with van der Waals surface area (Å²) in [5.74, 6) is 2.69. The minimum Gasteiger partial charge on any atom is -0.368 e. The summed E-state index contributed by atoms with van der Waals surface area (Å²) in [6, 6.07) is 10.4. The average Bonchev–Trinajstić information content (AvgIpc) is 3.15. The van der Waals surface area contributed by atoms with E-state index in [1.54, 1.807) is 0 Å². The van der Waals surface area contributed by atoms with Crippen molar-refractivity contribution in [2.45, 2.75) is 33.6 Å². The fourth-order valence-electron chi connectivity index (χ4n) is 4.82. The first-order chi connectivity index (χ1) is 15.5. The van der Waals surface area contributed by atoms with Crippen LogP contribution in [0.25, 0.3) is 10.2 Å². The lowest BCUT2D eigenvalue weighted by atomic mass is 9.99. The molecular formula is C25H31N5OS. The molecule has 2 aliphatic rings. The third kappa shape index (κ3) is 3.94. The van der Waals surface area contributed by atoms with E-state index < -0.39 is 0 Å². The highest BCUT2D eigenvalue weighted by atomic mass is 32.1. The largest absolute Gasteiger partial charge is 0.368 e. The van der Waals surface area contributed by atoms with E-state index >= 15 is 0 Å². The van der Waals surface area contributed by atoms with Crippen molar-refractivity contribution in [3.63, 3.8) is 0 Å². The van der Waals surface area contributed by atoms with Crippen molar-refractivity contribution in [3.8, 4) is 0 Å². The number of hydrogen-bond donors (Lipinski definition) is 0. The quantitative estimate of drug-likeness (QED) is 0.589. The minimum atomic E-state index is 0.133. The number of hydrogen-bond acceptors (Lipinski definition) is 6. The number of thiophene rings is 1. The highest BCUT2D eigenvalue weighted by Gasteiger charge is 2.28. The molecule has 6 nitrogen and oxygen atoms in total. The van der Waals surface area contributed by atoms with Crippen molar-refractivity contribution in [3.05, 3.63) is 46.6 Å². The molecule has 1 amide bonds. The third-order valence-corrected chi connectivity index (χ3v) is 8.02. The van der Waals surface area contributed by atoms with Gasteiger partial charge in [0.1, 0.15) is 16.5 Å². The van der Waals surface area contributed by atoms with E-state index in [0.717, 1.165) is 77.5 Å². The zero-order valence-electron chi connectivity index (χ0n) is 19.2. The summed E-state index contributed by atoms with van der Waals surface area (Å²) < 4.78 is 0. The summed E-state index contributed by atoms with van der Waals surface area (Å²) in [6.45, 7) is 11.6. The van der Waals surface area contributed by atoms with E-state index in [2.05, 4.69) is 47.9 Å². The molecule has 2 saturated heterocycles. The van der Waals surface area contributed by atoms with Crippen LogP contribution in [0, 0.1) is 19.8 Å². The summed E-state index contributed by atoms with van der Waals surface area (Å²) in [6.07, 6.45) is 2.37. The average molecular weight is 450 g/mol. The molecule has 0 unspecified atom stereocenters. The van der Waals surface area contributed by atoms with Gasteiger partial charge in [-0.25, -0.2) is 9.97 Å². The summed E-state index contributed by atoms with van der Waals surface area (Å²) in [4.78, 5) is 31.5. The lowest BCUT2D eigenvalue weighted by molar-refractivity contribution is 0.0751. The van der Waals surface area contributed by atoms with Crippen molar-refractivity contribution >= 4 is 39.0 Å². The number of amides is 1. The molecule has 0 saturated carbocycles. The summed E-state index contributed by atoms with van der Waals surface area (Å²) >= 11 is 1.53. The van der Waals surface area contributed by atoms with Gasteiger partial charge in [0.05, 0.1) is 10.3 Å². The second-order valence-corrected chi connectivity index (χ2v) is 10.1. The number of aryl methyl sites for hydroxylation is 2. The van der Waals surface area contributed by atoms with Gasteiger partial charge in [0.25, 0.3) is 5.91 Å². The molecule has 5 rings (SSSR count). The number of benzene rings is 1. The van der Waals surface area contributed by atoms with Crippen LogP contribution in [0.3, 0.4) is 0 Å². The summed E-state index contributed by atoms with van der Waals surface area (Å²) in [5, 5.41) is 1.07. The Kier molecular flexibility index (Phi) is 5.76. The van der Waals surface area contributed by atoms with Gasteiger partial charge in [0.15, 0.2) is 0 Å². The first kappa shape index (κ1) is 21.2. The fraction of sp³-hybridized carbons (Fsp3) is 0.480. The molecule has 2 aromatic heterocycles. The Morgan fingerprint density at radius 1 is 0.938 bits per heavy atom. The van der Waals surface area contributed by atoms with Crippen LogP contribution in [0.15, 0.2) is 30.3 Å². The molecule has 2 aliphatic heterocycles. The Balaban J connectivity index is 1.39.